The van der Waals surface area contributed by atoms with Crippen LogP contribution in [0.2, 0.25) is 0 Å². The fourth-order valence-corrected chi connectivity index (χ4v) is 2.80. The Morgan fingerprint density at radius 3 is 2.89 bits per heavy atom. The van der Waals surface area contributed by atoms with E-state index in [4.69, 9.17) is 0 Å². The molecule has 0 saturated carbocycles. The van der Waals surface area contributed by atoms with Crippen molar-refractivity contribution < 1.29 is 9.90 Å². The summed E-state index contributed by atoms with van der Waals surface area (Å²) in [7, 11) is 0. The van der Waals surface area contributed by atoms with Crippen LogP contribution in [0.4, 0.5) is 0 Å². The van der Waals surface area contributed by atoms with Gasteiger partial charge in [0.25, 0.3) is 0 Å². The van der Waals surface area contributed by atoms with Gasteiger partial charge >= 0.3 is 5.97 Å². The molecular formula is C13H12BrNO2S. The second-order valence-corrected chi connectivity index (χ2v) is 5.69. The summed E-state index contributed by atoms with van der Waals surface area (Å²) in [6, 6.07) is 7.75. The van der Waals surface area contributed by atoms with Gasteiger partial charge in [0.2, 0.25) is 0 Å². The fourth-order valence-electron chi connectivity index (χ4n) is 1.79. The van der Waals surface area contributed by atoms with E-state index in [2.05, 4.69) is 20.9 Å². The number of benzene rings is 1. The Bertz CT molecular complexity index is 528. The Balaban J connectivity index is 2.09. The van der Waals surface area contributed by atoms with E-state index in [1.54, 1.807) is 5.51 Å². The molecule has 1 N–H and O–H groups in total. The summed E-state index contributed by atoms with van der Waals surface area (Å²) in [5.41, 5.74) is 3.60. The summed E-state index contributed by atoms with van der Waals surface area (Å²) < 4.78 is 0.970. The largest absolute Gasteiger partial charge is 0.481 e. The predicted octanol–water partition coefficient (Wildman–Crippen LogP) is 3.39. The number of hydrogen-bond donors (Lipinski definition) is 1. The second kappa shape index (κ2) is 6.11. The van der Waals surface area contributed by atoms with E-state index in [0.717, 1.165) is 15.7 Å². The van der Waals surface area contributed by atoms with E-state index >= 15 is 0 Å². The summed E-state index contributed by atoms with van der Waals surface area (Å²) >= 11 is 4.88. The summed E-state index contributed by atoms with van der Waals surface area (Å²) in [6.07, 6.45) is 0.998. The summed E-state index contributed by atoms with van der Waals surface area (Å²) in [5, 5.41) is 11.2. The van der Waals surface area contributed by atoms with Crippen molar-refractivity contribution in [1.82, 2.24) is 4.98 Å². The molecule has 1 heterocycles. The Labute approximate surface area is 118 Å². The number of carboxylic acids is 1. The van der Waals surface area contributed by atoms with Crippen molar-refractivity contribution in [2.45, 2.75) is 12.8 Å². The maximum absolute atomic E-state index is 11.3. The molecule has 1 aromatic heterocycles. The summed E-state index contributed by atoms with van der Waals surface area (Å²) in [4.78, 5) is 15.4. The fraction of sp³-hybridized carbons (Fsp3) is 0.231. The van der Waals surface area contributed by atoms with Gasteiger partial charge in [0.1, 0.15) is 0 Å². The zero-order valence-electron chi connectivity index (χ0n) is 9.54. The molecule has 0 bridgehead atoms. The molecule has 1 unspecified atom stereocenters. The van der Waals surface area contributed by atoms with Crippen LogP contribution in [0, 0.1) is 5.92 Å². The summed E-state index contributed by atoms with van der Waals surface area (Å²) in [5.74, 6) is -1.20. The summed E-state index contributed by atoms with van der Waals surface area (Å²) in [6.45, 7) is 0. The molecule has 18 heavy (non-hydrogen) atoms. The Kier molecular flexibility index (Phi) is 4.49. The highest BCUT2D eigenvalue weighted by molar-refractivity contribution is 9.10. The number of aliphatic carboxylic acids is 1. The topological polar surface area (TPSA) is 50.2 Å². The van der Waals surface area contributed by atoms with Crippen LogP contribution < -0.4 is 0 Å². The average molecular weight is 326 g/mol. The minimum absolute atomic E-state index is 0.429. The highest BCUT2D eigenvalue weighted by Crippen LogP contribution is 2.18. The van der Waals surface area contributed by atoms with Crippen molar-refractivity contribution in [3.8, 4) is 0 Å². The van der Waals surface area contributed by atoms with Crippen LogP contribution >= 0.6 is 27.3 Å². The van der Waals surface area contributed by atoms with Crippen molar-refractivity contribution in [1.29, 1.82) is 0 Å². The number of hydrogen-bond acceptors (Lipinski definition) is 3. The molecule has 1 atom stereocenters. The molecule has 0 aliphatic heterocycles. The minimum Gasteiger partial charge on any atom is -0.481 e. The highest BCUT2D eigenvalue weighted by atomic mass is 79.9. The maximum atomic E-state index is 11.3. The first-order chi connectivity index (χ1) is 8.65. The van der Waals surface area contributed by atoms with E-state index in [0.29, 0.717) is 12.8 Å². The van der Waals surface area contributed by atoms with E-state index in [1.165, 1.54) is 11.3 Å². The zero-order chi connectivity index (χ0) is 13.0. The standard InChI is InChI=1S/C13H12BrNO2S/c14-11-3-1-2-9(5-11)4-10(13(16)17)6-12-7-18-8-15-12/h1-3,5,7-8,10H,4,6H2,(H,16,17). The lowest BCUT2D eigenvalue weighted by Gasteiger charge is -2.11. The smallest absolute Gasteiger partial charge is 0.307 e. The quantitative estimate of drug-likeness (QED) is 0.916. The van der Waals surface area contributed by atoms with Crippen molar-refractivity contribution in [3.63, 3.8) is 0 Å². The van der Waals surface area contributed by atoms with Crippen molar-refractivity contribution in [2.75, 3.05) is 0 Å². The minimum atomic E-state index is -0.775. The van der Waals surface area contributed by atoms with Gasteiger partial charge in [0.15, 0.2) is 0 Å². The SMILES string of the molecule is O=C(O)C(Cc1cccc(Br)c1)Cc1cscn1. The van der Waals surface area contributed by atoms with E-state index in [9.17, 15) is 9.90 Å². The lowest BCUT2D eigenvalue weighted by molar-refractivity contribution is -0.141. The van der Waals surface area contributed by atoms with Gasteiger partial charge in [0.05, 0.1) is 17.1 Å². The van der Waals surface area contributed by atoms with E-state index in [1.807, 2.05) is 29.6 Å². The first kappa shape index (κ1) is 13.2. The third kappa shape index (κ3) is 3.65. The molecule has 94 valence electrons. The molecule has 0 aliphatic rings. The maximum Gasteiger partial charge on any atom is 0.307 e. The van der Waals surface area contributed by atoms with Gasteiger partial charge in [-0.05, 0) is 24.1 Å². The van der Waals surface area contributed by atoms with Crippen LogP contribution in [0.5, 0.6) is 0 Å². The predicted molar refractivity (Wildman–Crippen MR) is 74.8 cm³/mol. The number of thiazole rings is 1. The number of rotatable bonds is 5. The van der Waals surface area contributed by atoms with Crippen LogP contribution in [0.25, 0.3) is 0 Å². The lowest BCUT2D eigenvalue weighted by atomic mass is 9.95. The molecule has 2 aromatic rings. The number of halogens is 1. The second-order valence-electron chi connectivity index (χ2n) is 4.05. The third-order valence-electron chi connectivity index (χ3n) is 2.66. The Hall–Kier alpha value is -1.20. The Morgan fingerprint density at radius 1 is 1.44 bits per heavy atom. The molecule has 2 rings (SSSR count). The molecule has 0 saturated heterocycles. The van der Waals surface area contributed by atoms with Gasteiger partial charge in [-0.2, -0.15) is 0 Å². The number of carboxylic acid groups (broad SMARTS) is 1. The number of nitrogens with zero attached hydrogens (tertiary/aromatic N) is 1. The van der Waals surface area contributed by atoms with Crippen LogP contribution in [-0.4, -0.2) is 16.1 Å². The lowest BCUT2D eigenvalue weighted by Crippen LogP contribution is -2.19. The third-order valence-corrected chi connectivity index (χ3v) is 3.79. The molecule has 1 aromatic carbocycles. The Morgan fingerprint density at radius 2 is 2.28 bits per heavy atom. The molecular weight excluding hydrogens is 314 g/mol. The highest BCUT2D eigenvalue weighted by Gasteiger charge is 2.19. The van der Waals surface area contributed by atoms with Gasteiger partial charge in [-0.1, -0.05) is 28.1 Å². The zero-order valence-corrected chi connectivity index (χ0v) is 11.9. The van der Waals surface area contributed by atoms with Crippen LogP contribution in [0.1, 0.15) is 11.3 Å². The van der Waals surface area contributed by atoms with Crippen molar-refractivity contribution in [2.24, 2.45) is 5.92 Å². The van der Waals surface area contributed by atoms with Crippen LogP contribution in [0.3, 0.4) is 0 Å². The molecule has 0 spiro atoms. The van der Waals surface area contributed by atoms with Gasteiger partial charge in [-0.3, -0.25) is 4.79 Å². The van der Waals surface area contributed by atoms with Crippen molar-refractivity contribution in [3.05, 3.63) is 50.9 Å². The van der Waals surface area contributed by atoms with Gasteiger partial charge in [-0.15, -0.1) is 11.3 Å². The monoisotopic (exact) mass is 325 g/mol. The average Bonchev–Trinajstić information content (AvgIpc) is 2.81. The van der Waals surface area contributed by atoms with Crippen LogP contribution in [0.15, 0.2) is 39.6 Å². The van der Waals surface area contributed by atoms with Gasteiger partial charge < -0.3 is 5.11 Å². The molecule has 0 radical (unpaired) electrons. The number of aromatic nitrogens is 1. The molecule has 3 nitrogen and oxygen atoms in total. The first-order valence-corrected chi connectivity index (χ1v) is 7.23. The molecule has 0 fully saturated rings. The van der Waals surface area contributed by atoms with Crippen molar-refractivity contribution >= 4 is 33.2 Å². The molecule has 0 aliphatic carbocycles. The molecule has 5 heteroatoms. The van der Waals surface area contributed by atoms with E-state index in [-0.39, 0.29) is 0 Å². The normalized spacial score (nSPS) is 12.3. The molecule has 0 amide bonds. The van der Waals surface area contributed by atoms with Crippen LogP contribution in [-0.2, 0) is 17.6 Å². The first-order valence-electron chi connectivity index (χ1n) is 5.49. The number of carbonyl (C=O) groups is 1. The van der Waals surface area contributed by atoms with E-state index < -0.39 is 11.9 Å². The van der Waals surface area contributed by atoms with Gasteiger partial charge in [0, 0.05) is 16.3 Å². The van der Waals surface area contributed by atoms with Gasteiger partial charge in [-0.25, -0.2) is 4.98 Å².